The Morgan fingerprint density at radius 2 is 1.85 bits per heavy atom. The van der Waals surface area contributed by atoms with Crippen LogP contribution in [0.5, 0.6) is 11.5 Å². The number of piperidine rings is 1. The van der Waals surface area contributed by atoms with E-state index in [-0.39, 0.29) is 23.4 Å². The molecule has 2 aromatic heterocycles. The topological polar surface area (TPSA) is 102 Å². The Bertz CT molecular complexity index is 1530. The molecule has 5 rings (SSSR count). The van der Waals surface area contributed by atoms with E-state index in [1.165, 1.54) is 23.5 Å². The smallest absolute Gasteiger partial charge is 0.260 e. The van der Waals surface area contributed by atoms with Gasteiger partial charge in [0, 0.05) is 42.7 Å². The van der Waals surface area contributed by atoms with Crippen LogP contribution in [0.2, 0.25) is 0 Å². The molecule has 1 amide bonds. The first kappa shape index (κ1) is 27.0. The van der Waals surface area contributed by atoms with Crippen molar-refractivity contribution in [2.75, 3.05) is 25.7 Å². The van der Waals surface area contributed by atoms with Gasteiger partial charge < -0.3 is 9.47 Å². The predicted molar refractivity (Wildman–Crippen MR) is 151 cm³/mol. The van der Waals surface area contributed by atoms with Crippen LogP contribution >= 0.6 is 11.3 Å². The predicted octanol–water partition coefficient (Wildman–Crippen LogP) is 5.12. The molecule has 2 aromatic carbocycles. The van der Waals surface area contributed by atoms with Crippen molar-refractivity contribution < 1.29 is 22.7 Å². The van der Waals surface area contributed by atoms with Gasteiger partial charge in [-0.25, -0.2) is 13.4 Å². The van der Waals surface area contributed by atoms with Gasteiger partial charge in [0.2, 0.25) is 10.0 Å². The van der Waals surface area contributed by atoms with Crippen LogP contribution in [-0.4, -0.2) is 55.4 Å². The molecule has 11 heteroatoms. The number of thiazole rings is 1. The Labute approximate surface area is 232 Å². The van der Waals surface area contributed by atoms with Crippen molar-refractivity contribution >= 4 is 42.6 Å². The Hall–Kier alpha value is -3.54. The lowest BCUT2D eigenvalue weighted by Crippen LogP contribution is -2.41. The van der Waals surface area contributed by atoms with Gasteiger partial charge in [0.15, 0.2) is 16.6 Å². The zero-order chi connectivity index (χ0) is 27.6. The average Bonchev–Trinajstić information content (AvgIpc) is 3.38. The summed E-state index contributed by atoms with van der Waals surface area (Å²) >= 11 is 1.36. The second-order valence-electron chi connectivity index (χ2n) is 9.41. The zero-order valence-corrected chi connectivity index (χ0v) is 23.7. The molecule has 1 aliphatic rings. The SMILES string of the molecule is COc1cc2nc(N(Cc3cccnc3)C(=O)c3ccc(S(=O)(=O)N4CCCCC4C)cc3)sc2cc1OC. The first-order chi connectivity index (χ1) is 18.8. The van der Waals surface area contributed by atoms with Crippen LogP contribution in [-0.2, 0) is 16.6 Å². The number of sulfonamides is 1. The summed E-state index contributed by atoms with van der Waals surface area (Å²) in [6.07, 6.45) is 6.10. The van der Waals surface area contributed by atoms with Gasteiger partial charge in [0.1, 0.15) is 0 Å². The van der Waals surface area contributed by atoms with Crippen LogP contribution in [0.4, 0.5) is 5.13 Å². The summed E-state index contributed by atoms with van der Waals surface area (Å²) in [5, 5.41) is 0.494. The molecular formula is C28H30N4O5S2. The summed E-state index contributed by atoms with van der Waals surface area (Å²) in [6, 6.07) is 13.4. The van der Waals surface area contributed by atoms with E-state index in [0.29, 0.717) is 34.3 Å². The maximum absolute atomic E-state index is 13.9. The van der Waals surface area contributed by atoms with Crippen LogP contribution < -0.4 is 14.4 Å². The number of carbonyl (C=O) groups excluding carboxylic acids is 1. The minimum atomic E-state index is -3.64. The number of amides is 1. The van der Waals surface area contributed by atoms with Crippen molar-refractivity contribution in [3.05, 3.63) is 72.1 Å². The van der Waals surface area contributed by atoms with E-state index in [0.717, 1.165) is 29.5 Å². The highest BCUT2D eigenvalue weighted by Crippen LogP contribution is 2.38. The largest absolute Gasteiger partial charge is 0.493 e. The van der Waals surface area contributed by atoms with Crippen LogP contribution in [0.1, 0.15) is 42.1 Å². The molecule has 0 radical (unpaired) electrons. The van der Waals surface area contributed by atoms with Gasteiger partial charge >= 0.3 is 0 Å². The second-order valence-corrected chi connectivity index (χ2v) is 12.3. The van der Waals surface area contributed by atoms with Crippen LogP contribution in [0.15, 0.2) is 65.8 Å². The number of hydrogen-bond donors (Lipinski definition) is 0. The number of pyridine rings is 1. The summed E-state index contributed by atoms with van der Waals surface area (Å²) in [5.74, 6) is 0.823. The number of carbonyl (C=O) groups is 1. The summed E-state index contributed by atoms with van der Waals surface area (Å²) in [5.41, 5.74) is 1.87. The number of ether oxygens (including phenoxy) is 2. The Balaban J connectivity index is 1.49. The van der Waals surface area contributed by atoms with Crippen LogP contribution in [0.3, 0.4) is 0 Å². The van der Waals surface area contributed by atoms with Crippen molar-refractivity contribution in [2.45, 2.75) is 43.7 Å². The molecule has 0 saturated carbocycles. The van der Waals surface area contributed by atoms with E-state index in [9.17, 15) is 13.2 Å². The minimum absolute atomic E-state index is 0.0451. The summed E-state index contributed by atoms with van der Waals surface area (Å²) in [7, 11) is -0.509. The highest BCUT2D eigenvalue weighted by atomic mass is 32.2. The highest BCUT2D eigenvalue weighted by molar-refractivity contribution is 7.89. The van der Waals surface area contributed by atoms with Gasteiger partial charge in [-0.15, -0.1) is 0 Å². The number of hydrogen-bond acceptors (Lipinski definition) is 8. The van der Waals surface area contributed by atoms with Crippen LogP contribution in [0, 0.1) is 0 Å². The molecule has 0 spiro atoms. The van der Waals surface area contributed by atoms with Crippen LogP contribution in [0.25, 0.3) is 10.2 Å². The van der Waals surface area contributed by atoms with Crippen molar-refractivity contribution in [1.82, 2.24) is 14.3 Å². The van der Waals surface area contributed by atoms with E-state index in [1.54, 1.807) is 54.0 Å². The van der Waals surface area contributed by atoms with E-state index < -0.39 is 10.0 Å². The number of aromatic nitrogens is 2. The van der Waals surface area contributed by atoms with Gasteiger partial charge in [-0.2, -0.15) is 4.31 Å². The average molecular weight is 567 g/mol. The van der Waals surface area contributed by atoms with Gasteiger partial charge in [0.05, 0.1) is 35.9 Å². The van der Waals surface area contributed by atoms with Crippen molar-refractivity contribution in [3.8, 4) is 11.5 Å². The number of fused-ring (bicyclic) bond motifs is 1. The summed E-state index contributed by atoms with van der Waals surface area (Å²) < 4.78 is 39.8. The fourth-order valence-electron chi connectivity index (χ4n) is 4.75. The first-order valence-electron chi connectivity index (χ1n) is 12.7. The molecule has 204 valence electrons. The van der Waals surface area contributed by atoms with Gasteiger partial charge in [-0.05, 0) is 55.7 Å². The number of nitrogens with zero attached hydrogens (tertiary/aromatic N) is 4. The van der Waals surface area contributed by atoms with Gasteiger partial charge in [-0.1, -0.05) is 23.8 Å². The lowest BCUT2D eigenvalue weighted by atomic mass is 10.1. The molecule has 0 bridgehead atoms. The first-order valence-corrected chi connectivity index (χ1v) is 14.9. The summed E-state index contributed by atoms with van der Waals surface area (Å²) in [6.45, 7) is 2.69. The normalized spacial score (nSPS) is 16.2. The Morgan fingerprint density at radius 1 is 1.10 bits per heavy atom. The zero-order valence-electron chi connectivity index (χ0n) is 22.0. The lowest BCUT2D eigenvalue weighted by Gasteiger charge is -2.32. The van der Waals surface area contributed by atoms with Crippen molar-refractivity contribution in [1.29, 1.82) is 0 Å². The highest BCUT2D eigenvalue weighted by Gasteiger charge is 2.31. The quantitative estimate of drug-likeness (QED) is 0.292. The fourth-order valence-corrected chi connectivity index (χ4v) is 7.42. The van der Waals surface area contributed by atoms with E-state index >= 15 is 0 Å². The number of methoxy groups -OCH3 is 2. The third-order valence-corrected chi connectivity index (χ3v) is 9.94. The molecule has 1 aliphatic heterocycles. The molecule has 1 saturated heterocycles. The maximum atomic E-state index is 13.9. The third-order valence-electron chi connectivity index (χ3n) is 6.87. The molecule has 1 atom stereocenters. The number of rotatable bonds is 8. The van der Waals surface area contributed by atoms with Gasteiger partial charge in [-0.3, -0.25) is 14.7 Å². The van der Waals surface area contributed by atoms with Gasteiger partial charge in [0.25, 0.3) is 5.91 Å². The molecule has 1 fully saturated rings. The lowest BCUT2D eigenvalue weighted by molar-refractivity contribution is 0.0985. The number of benzene rings is 2. The molecule has 1 unspecified atom stereocenters. The minimum Gasteiger partial charge on any atom is -0.493 e. The van der Waals surface area contributed by atoms with Crippen molar-refractivity contribution in [3.63, 3.8) is 0 Å². The molecule has 0 N–H and O–H groups in total. The van der Waals surface area contributed by atoms with E-state index in [1.807, 2.05) is 25.1 Å². The van der Waals surface area contributed by atoms with Crippen molar-refractivity contribution in [2.24, 2.45) is 0 Å². The van der Waals surface area contributed by atoms with E-state index in [2.05, 4.69) is 4.98 Å². The Kier molecular flexibility index (Phi) is 7.83. The maximum Gasteiger partial charge on any atom is 0.260 e. The molecule has 4 aromatic rings. The third kappa shape index (κ3) is 5.47. The molecular weight excluding hydrogens is 536 g/mol. The molecule has 3 heterocycles. The fraction of sp³-hybridized carbons (Fsp3) is 0.321. The van der Waals surface area contributed by atoms with E-state index in [4.69, 9.17) is 14.5 Å². The summed E-state index contributed by atoms with van der Waals surface area (Å²) in [4.78, 5) is 24.5. The molecule has 9 nitrogen and oxygen atoms in total. The monoisotopic (exact) mass is 566 g/mol. The molecule has 0 aliphatic carbocycles. The standard InChI is InChI=1S/C28H30N4O5S2/c1-19-7-4-5-14-32(19)39(34,35)22-11-9-21(10-12-22)27(33)31(18-20-8-6-13-29-17-20)28-30-23-15-24(36-2)25(37-3)16-26(23)38-28/h6,8-13,15-17,19H,4-5,7,14,18H2,1-3H3. The molecule has 39 heavy (non-hydrogen) atoms. The number of anilines is 1. The second kappa shape index (κ2) is 11.3. The Morgan fingerprint density at radius 3 is 2.51 bits per heavy atom.